The molecule has 0 unspecified atom stereocenters. The van der Waals surface area contributed by atoms with Gasteiger partial charge in [-0.3, -0.25) is 0 Å². The Morgan fingerprint density at radius 3 is 2.48 bits per heavy atom. The monoisotopic (exact) mass is 328 g/mol. The van der Waals surface area contributed by atoms with E-state index in [1.165, 1.54) is 37.0 Å². The topological polar surface area (TPSA) is 58.2 Å². The number of hydrogen-bond acceptors (Lipinski definition) is 4. The summed E-state index contributed by atoms with van der Waals surface area (Å²) in [7, 11) is -1.42. The van der Waals surface area contributed by atoms with Crippen LogP contribution >= 0.6 is 11.3 Å². The molecule has 6 heteroatoms. The Labute approximate surface area is 131 Å². The van der Waals surface area contributed by atoms with Crippen LogP contribution in [0, 0.1) is 17.8 Å². The van der Waals surface area contributed by atoms with Gasteiger partial charge in [0.25, 0.3) is 0 Å². The van der Waals surface area contributed by atoms with Crippen LogP contribution in [-0.4, -0.2) is 28.6 Å². The summed E-state index contributed by atoms with van der Waals surface area (Å²) < 4.78 is 28.1. The fourth-order valence-electron chi connectivity index (χ4n) is 2.93. The van der Waals surface area contributed by atoms with Gasteiger partial charge in [-0.2, -0.15) is 0 Å². The summed E-state index contributed by atoms with van der Waals surface area (Å²) in [6, 6.07) is 3.66. The molecule has 1 heterocycles. The van der Waals surface area contributed by atoms with Crippen LogP contribution in [0.15, 0.2) is 16.3 Å². The van der Waals surface area contributed by atoms with E-state index in [4.69, 9.17) is 0 Å². The third-order valence-electron chi connectivity index (χ3n) is 4.49. The number of rotatable bonds is 9. The molecule has 2 fully saturated rings. The van der Waals surface area contributed by atoms with Gasteiger partial charge >= 0.3 is 0 Å². The van der Waals surface area contributed by atoms with Gasteiger partial charge in [0.2, 0.25) is 10.0 Å². The summed E-state index contributed by atoms with van der Waals surface area (Å²) in [6.45, 7) is 1.50. The zero-order valence-corrected chi connectivity index (χ0v) is 14.1. The summed E-state index contributed by atoms with van der Waals surface area (Å²) >= 11 is 1.39. The lowest BCUT2D eigenvalue weighted by atomic mass is 9.99. The summed E-state index contributed by atoms with van der Waals surface area (Å²) in [5.41, 5.74) is 0. The summed E-state index contributed by atoms with van der Waals surface area (Å²) in [5, 5.41) is 3.08. The molecule has 0 aromatic carbocycles. The summed E-state index contributed by atoms with van der Waals surface area (Å²) in [5.74, 6) is 2.12. The first-order valence-electron chi connectivity index (χ1n) is 7.83. The average molecular weight is 329 g/mol. The van der Waals surface area contributed by atoms with E-state index in [1.54, 1.807) is 6.07 Å². The maximum absolute atomic E-state index is 12.4. The van der Waals surface area contributed by atoms with E-state index in [1.807, 2.05) is 13.1 Å². The lowest BCUT2D eigenvalue weighted by Crippen LogP contribution is -2.30. The predicted molar refractivity (Wildman–Crippen MR) is 86.1 cm³/mol. The van der Waals surface area contributed by atoms with Crippen molar-refractivity contribution in [3.8, 4) is 0 Å². The Kier molecular flexibility index (Phi) is 4.69. The second kappa shape index (κ2) is 6.36. The molecule has 0 atom stereocenters. The first-order valence-corrected chi connectivity index (χ1v) is 10.1. The maximum atomic E-state index is 12.4. The van der Waals surface area contributed by atoms with Crippen molar-refractivity contribution in [1.82, 2.24) is 10.0 Å². The quantitative estimate of drug-likeness (QED) is 0.731. The van der Waals surface area contributed by atoms with Crippen LogP contribution in [0.1, 0.15) is 30.6 Å². The van der Waals surface area contributed by atoms with Gasteiger partial charge in [0, 0.05) is 11.4 Å². The predicted octanol–water partition coefficient (Wildman–Crippen LogP) is 2.22. The van der Waals surface area contributed by atoms with Crippen molar-refractivity contribution < 1.29 is 8.42 Å². The van der Waals surface area contributed by atoms with E-state index < -0.39 is 10.0 Å². The first-order chi connectivity index (χ1) is 10.1. The molecule has 0 aliphatic heterocycles. The third-order valence-corrected chi connectivity index (χ3v) is 7.55. The van der Waals surface area contributed by atoms with Gasteiger partial charge in [-0.25, -0.2) is 13.1 Å². The molecule has 0 saturated heterocycles. The molecule has 0 radical (unpaired) electrons. The van der Waals surface area contributed by atoms with Crippen molar-refractivity contribution in [2.45, 2.75) is 36.3 Å². The summed E-state index contributed by atoms with van der Waals surface area (Å²) in [6.07, 6.45) is 6.03. The molecule has 0 spiro atoms. The number of sulfonamides is 1. The van der Waals surface area contributed by atoms with Crippen LogP contribution in [0.4, 0.5) is 0 Å². The Balaban J connectivity index is 1.58. The maximum Gasteiger partial charge on any atom is 0.250 e. The molecule has 4 nitrogen and oxygen atoms in total. The minimum atomic E-state index is -3.32. The molecular weight excluding hydrogens is 304 g/mol. The van der Waals surface area contributed by atoms with Crippen molar-refractivity contribution in [1.29, 1.82) is 0 Å². The van der Waals surface area contributed by atoms with Crippen LogP contribution in [-0.2, 0) is 16.4 Å². The van der Waals surface area contributed by atoms with E-state index in [-0.39, 0.29) is 0 Å². The molecule has 118 valence electrons. The van der Waals surface area contributed by atoms with E-state index in [9.17, 15) is 8.42 Å². The van der Waals surface area contributed by atoms with Gasteiger partial charge in [-0.05, 0) is 75.6 Å². The minimum absolute atomic E-state index is 0.457. The summed E-state index contributed by atoms with van der Waals surface area (Å²) in [4.78, 5) is 1.12. The first kappa shape index (κ1) is 15.5. The second-order valence-corrected chi connectivity index (χ2v) is 9.43. The Hall–Kier alpha value is -0.430. The number of thiophene rings is 1. The molecule has 21 heavy (non-hydrogen) atoms. The normalized spacial score (nSPS) is 19.3. The van der Waals surface area contributed by atoms with E-state index >= 15 is 0 Å². The smallest absolute Gasteiger partial charge is 0.250 e. The molecule has 1 aromatic heterocycles. The minimum Gasteiger partial charge on any atom is -0.319 e. The number of likely N-dealkylation sites (N-methyl/N-ethyl adjacent to an activating group) is 1. The lowest BCUT2D eigenvalue weighted by molar-refractivity contribution is 0.402. The molecular formula is C15H24N2O2S2. The highest BCUT2D eigenvalue weighted by Crippen LogP contribution is 2.48. The molecule has 3 rings (SSSR count). The van der Waals surface area contributed by atoms with Gasteiger partial charge in [0.05, 0.1) is 0 Å². The third kappa shape index (κ3) is 4.06. The number of nitrogens with one attached hydrogen (secondary N) is 2. The van der Waals surface area contributed by atoms with Crippen LogP contribution in [0.25, 0.3) is 0 Å². The number of hydrogen-bond donors (Lipinski definition) is 2. The zero-order valence-electron chi connectivity index (χ0n) is 12.5. The van der Waals surface area contributed by atoms with Gasteiger partial charge < -0.3 is 5.32 Å². The molecule has 2 N–H and O–H groups in total. The highest BCUT2D eigenvalue weighted by atomic mass is 32.2. The van der Waals surface area contributed by atoms with Gasteiger partial charge in [0.1, 0.15) is 4.21 Å². The Morgan fingerprint density at radius 1 is 1.24 bits per heavy atom. The van der Waals surface area contributed by atoms with Crippen LogP contribution < -0.4 is 10.0 Å². The standard InChI is InChI=1S/C15H24N2O2S2/c1-16-9-8-13-6-7-15(20-13)21(18,19)17-10-14(11-2-3-11)12-4-5-12/h6-7,11-12,14,16-17H,2-5,8-10H2,1H3. The van der Waals surface area contributed by atoms with Gasteiger partial charge in [0.15, 0.2) is 0 Å². The SMILES string of the molecule is CNCCc1ccc(S(=O)(=O)NCC(C2CC2)C2CC2)s1. The molecule has 0 amide bonds. The van der Waals surface area contributed by atoms with Crippen molar-refractivity contribution in [2.75, 3.05) is 20.1 Å². The van der Waals surface area contributed by atoms with Crippen molar-refractivity contribution in [3.63, 3.8) is 0 Å². The highest BCUT2D eigenvalue weighted by Gasteiger charge is 2.41. The Bertz CT molecular complexity index is 562. The second-order valence-electron chi connectivity index (χ2n) is 6.26. The molecule has 1 aromatic rings. The zero-order chi connectivity index (χ0) is 14.9. The van der Waals surface area contributed by atoms with Crippen LogP contribution in [0.5, 0.6) is 0 Å². The van der Waals surface area contributed by atoms with Gasteiger partial charge in [-0.15, -0.1) is 11.3 Å². The average Bonchev–Trinajstić information content (AvgIpc) is 3.38. The molecule has 2 saturated carbocycles. The molecule has 2 aliphatic carbocycles. The van der Waals surface area contributed by atoms with E-state index in [0.717, 1.165) is 29.7 Å². The van der Waals surface area contributed by atoms with Crippen LogP contribution in [0.3, 0.4) is 0 Å². The molecule has 2 aliphatic rings. The Morgan fingerprint density at radius 2 is 1.90 bits per heavy atom. The largest absolute Gasteiger partial charge is 0.319 e. The van der Waals surface area contributed by atoms with Crippen molar-refractivity contribution in [3.05, 3.63) is 17.0 Å². The fraction of sp³-hybridized carbons (Fsp3) is 0.733. The van der Waals surface area contributed by atoms with Gasteiger partial charge in [-0.1, -0.05) is 0 Å². The van der Waals surface area contributed by atoms with Crippen LogP contribution in [0.2, 0.25) is 0 Å². The van der Waals surface area contributed by atoms with E-state index in [0.29, 0.717) is 16.7 Å². The van der Waals surface area contributed by atoms with Crippen molar-refractivity contribution >= 4 is 21.4 Å². The highest BCUT2D eigenvalue weighted by molar-refractivity contribution is 7.91. The lowest BCUT2D eigenvalue weighted by Gasteiger charge is -2.15. The van der Waals surface area contributed by atoms with E-state index in [2.05, 4.69) is 10.0 Å². The van der Waals surface area contributed by atoms with Crippen molar-refractivity contribution in [2.24, 2.45) is 17.8 Å². The molecule has 0 bridgehead atoms. The fourth-order valence-corrected chi connectivity index (χ4v) is 5.40.